The van der Waals surface area contributed by atoms with Crippen LogP contribution in [0.2, 0.25) is 0 Å². The van der Waals surface area contributed by atoms with Gasteiger partial charge in [-0.1, -0.05) is 19.1 Å². The van der Waals surface area contributed by atoms with Crippen molar-refractivity contribution in [1.29, 1.82) is 0 Å². The lowest BCUT2D eigenvalue weighted by atomic mass is 10.2. The Bertz CT molecular complexity index is 606. The summed E-state index contributed by atoms with van der Waals surface area (Å²) >= 11 is 1.75. The number of thiophene rings is 1. The fraction of sp³-hybridized carbons (Fsp3) is 0.267. The topological polar surface area (TPSA) is 47.6 Å². The van der Waals surface area contributed by atoms with Gasteiger partial charge in [0, 0.05) is 15.0 Å². The van der Waals surface area contributed by atoms with Gasteiger partial charge in [0.2, 0.25) is 0 Å². The van der Waals surface area contributed by atoms with Crippen molar-refractivity contribution in [3.63, 3.8) is 0 Å². The second-order valence-electron chi connectivity index (χ2n) is 4.15. The van der Waals surface area contributed by atoms with Crippen LogP contribution in [0, 0.1) is 0 Å². The highest BCUT2D eigenvalue weighted by atomic mass is 32.1. The first-order chi connectivity index (χ1) is 9.74. The SMILES string of the molecule is C=CCONC(=O)COc1cccc2sc(CC)cc12. The van der Waals surface area contributed by atoms with Crippen molar-refractivity contribution in [1.82, 2.24) is 5.48 Å². The lowest BCUT2D eigenvalue weighted by Crippen LogP contribution is -2.29. The molecule has 20 heavy (non-hydrogen) atoms. The molecule has 5 heteroatoms. The standard InChI is InChI=1S/C15H17NO3S/c1-3-8-19-16-15(17)10-18-13-6-5-7-14-12(13)9-11(4-2)20-14/h3,5-7,9H,1,4,8,10H2,2H3,(H,16,17). The summed E-state index contributed by atoms with van der Waals surface area (Å²) in [7, 11) is 0. The van der Waals surface area contributed by atoms with Crippen LogP contribution in [0.3, 0.4) is 0 Å². The van der Waals surface area contributed by atoms with E-state index in [0.29, 0.717) is 0 Å². The second-order valence-corrected chi connectivity index (χ2v) is 5.32. The van der Waals surface area contributed by atoms with Crippen molar-refractivity contribution in [2.24, 2.45) is 0 Å². The number of ether oxygens (including phenoxy) is 1. The van der Waals surface area contributed by atoms with E-state index in [1.165, 1.54) is 9.58 Å². The minimum Gasteiger partial charge on any atom is -0.483 e. The van der Waals surface area contributed by atoms with Gasteiger partial charge in [-0.15, -0.1) is 17.9 Å². The zero-order valence-corrected chi connectivity index (χ0v) is 12.2. The third-order valence-corrected chi connectivity index (χ3v) is 3.91. The van der Waals surface area contributed by atoms with E-state index in [1.807, 2.05) is 12.1 Å². The lowest BCUT2D eigenvalue weighted by Gasteiger charge is -2.07. The Hall–Kier alpha value is -1.85. The third kappa shape index (κ3) is 3.59. The van der Waals surface area contributed by atoms with Crippen LogP contribution in [-0.4, -0.2) is 19.1 Å². The second kappa shape index (κ2) is 7.07. The summed E-state index contributed by atoms with van der Waals surface area (Å²) in [6.07, 6.45) is 2.55. The van der Waals surface area contributed by atoms with E-state index >= 15 is 0 Å². The molecular weight excluding hydrogens is 274 g/mol. The quantitative estimate of drug-likeness (QED) is 0.484. The van der Waals surface area contributed by atoms with Crippen molar-refractivity contribution in [2.75, 3.05) is 13.2 Å². The molecule has 0 spiro atoms. The molecule has 1 aromatic heterocycles. The van der Waals surface area contributed by atoms with E-state index < -0.39 is 0 Å². The first kappa shape index (κ1) is 14.6. The number of aryl methyl sites for hydroxylation is 1. The molecule has 0 aliphatic rings. The van der Waals surface area contributed by atoms with E-state index in [4.69, 9.17) is 9.57 Å². The number of nitrogens with one attached hydrogen (secondary N) is 1. The lowest BCUT2D eigenvalue weighted by molar-refractivity contribution is -0.134. The molecule has 106 valence electrons. The van der Waals surface area contributed by atoms with Gasteiger partial charge in [-0.3, -0.25) is 9.63 Å². The van der Waals surface area contributed by atoms with E-state index in [-0.39, 0.29) is 19.1 Å². The average Bonchev–Trinajstić information content (AvgIpc) is 2.89. The van der Waals surface area contributed by atoms with Gasteiger partial charge in [-0.05, 0) is 24.6 Å². The number of benzene rings is 1. The van der Waals surface area contributed by atoms with Crippen molar-refractivity contribution in [3.8, 4) is 5.75 Å². The molecule has 0 bridgehead atoms. The monoisotopic (exact) mass is 291 g/mol. The van der Waals surface area contributed by atoms with E-state index in [1.54, 1.807) is 17.4 Å². The summed E-state index contributed by atoms with van der Waals surface area (Å²) in [6, 6.07) is 7.97. The predicted molar refractivity (Wildman–Crippen MR) is 81.0 cm³/mol. The molecule has 1 heterocycles. The number of hydrogen-bond donors (Lipinski definition) is 1. The maximum absolute atomic E-state index is 11.5. The average molecular weight is 291 g/mol. The molecule has 0 aliphatic heterocycles. The Balaban J connectivity index is 2.00. The van der Waals surface area contributed by atoms with Crippen LogP contribution in [0.15, 0.2) is 36.9 Å². The summed E-state index contributed by atoms with van der Waals surface area (Å²) in [5.41, 5.74) is 2.29. The first-order valence-corrected chi connectivity index (χ1v) is 7.22. The van der Waals surface area contributed by atoms with Crippen LogP contribution in [0.4, 0.5) is 0 Å². The Morgan fingerprint density at radius 1 is 1.50 bits per heavy atom. The van der Waals surface area contributed by atoms with E-state index in [2.05, 4.69) is 31.1 Å². The highest BCUT2D eigenvalue weighted by molar-refractivity contribution is 7.19. The highest BCUT2D eigenvalue weighted by Gasteiger charge is 2.08. The summed E-state index contributed by atoms with van der Waals surface area (Å²) in [5.74, 6) is 0.395. The summed E-state index contributed by atoms with van der Waals surface area (Å²) in [5, 5.41) is 1.05. The van der Waals surface area contributed by atoms with Crippen LogP contribution in [0.25, 0.3) is 10.1 Å². The van der Waals surface area contributed by atoms with Crippen molar-refractivity contribution in [2.45, 2.75) is 13.3 Å². The zero-order chi connectivity index (χ0) is 14.4. The molecule has 4 nitrogen and oxygen atoms in total. The van der Waals surface area contributed by atoms with Gasteiger partial charge in [0.1, 0.15) is 5.75 Å². The molecular formula is C15H17NO3S. The van der Waals surface area contributed by atoms with Gasteiger partial charge in [-0.2, -0.15) is 0 Å². The van der Waals surface area contributed by atoms with Crippen LogP contribution < -0.4 is 10.2 Å². The number of amides is 1. The molecule has 1 amide bonds. The van der Waals surface area contributed by atoms with Crippen molar-refractivity contribution < 1.29 is 14.4 Å². The first-order valence-electron chi connectivity index (χ1n) is 6.40. The fourth-order valence-corrected chi connectivity index (χ4v) is 2.76. The number of hydrogen-bond acceptors (Lipinski definition) is 4. The number of carbonyl (C=O) groups is 1. The van der Waals surface area contributed by atoms with Crippen molar-refractivity contribution in [3.05, 3.63) is 41.8 Å². The highest BCUT2D eigenvalue weighted by Crippen LogP contribution is 2.32. The largest absolute Gasteiger partial charge is 0.483 e. The van der Waals surface area contributed by atoms with Gasteiger partial charge in [0.15, 0.2) is 6.61 Å². The molecule has 2 aromatic rings. The minimum absolute atomic E-state index is 0.0758. The number of carbonyl (C=O) groups excluding carboxylic acids is 1. The molecule has 2 rings (SSSR count). The van der Waals surface area contributed by atoms with Gasteiger partial charge in [-0.25, -0.2) is 5.48 Å². The fourth-order valence-electron chi connectivity index (χ4n) is 1.74. The van der Waals surface area contributed by atoms with Crippen molar-refractivity contribution >= 4 is 27.3 Å². The molecule has 1 N–H and O–H groups in total. The summed E-state index contributed by atoms with van der Waals surface area (Å²) in [6.45, 7) is 5.80. The summed E-state index contributed by atoms with van der Waals surface area (Å²) < 4.78 is 6.73. The smallest absolute Gasteiger partial charge is 0.281 e. The molecule has 0 saturated carbocycles. The molecule has 0 saturated heterocycles. The normalized spacial score (nSPS) is 10.4. The Morgan fingerprint density at radius 3 is 3.10 bits per heavy atom. The van der Waals surface area contributed by atoms with Crippen LogP contribution in [0.1, 0.15) is 11.8 Å². The molecule has 0 aliphatic carbocycles. The van der Waals surface area contributed by atoms with Gasteiger partial charge < -0.3 is 4.74 Å². The Labute approximate surface area is 122 Å². The van der Waals surface area contributed by atoms with E-state index in [9.17, 15) is 4.79 Å². The van der Waals surface area contributed by atoms with Crippen LogP contribution >= 0.6 is 11.3 Å². The number of hydroxylamine groups is 1. The Morgan fingerprint density at radius 2 is 2.35 bits per heavy atom. The zero-order valence-electron chi connectivity index (χ0n) is 11.3. The number of rotatable bonds is 7. The van der Waals surface area contributed by atoms with E-state index in [0.717, 1.165) is 17.6 Å². The van der Waals surface area contributed by atoms with Gasteiger partial charge in [0.05, 0.1) is 6.61 Å². The van der Waals surface area contributed by atoms with Crippen LogP contribution in [-0.2, 0) is 16.1 Å². The third-order valence-electron chi connectivity index (χ3n) is 2.67. The maximum Gasteiger partial charge on any atom is 0.281 e. The Kier molecular flexibility index (Phi) is 5.15. The van der Waals surface area contributed by atoms with Gasteiger partial charge >= 0.3 is 0 Å². The van der Waals surface area contributed by atoms with Gasteiger partial charge in [0.25, 0.3) is 5.91 Å². The predicted octanol–water partition coefficient (Wildman–Crippen LogP) is 3.08. The molecule has 0 radical (unpaired) electrons. The summed E-state index contributed by atoms with van der Waals surface area (Å²) in [4.78, 5) is 17.6. The molecule has 0 fully saturated rings. The molecule has 0 atom stereocenters. The number of fused-ring (bicyclic) bond motifs is 1. The molecule has 0 unspecified atom stereocenters. The minimum atomic E-state index is -0.324. The maximum atomic E-state index is 11.5. The van der Waals surface area contributed by atoms with Crippen LogP contribution in [0.5, 0.6) is 5.75 Å². The molecule has 1 aromatic carbocycles.